The van der Waals surface area contributed by atoms with Crippen LogP contribution >= 0.6 is 0 Å². The van der Waals surface area contributed by atoms with E-state index in [4.69, 9.17) is 5.73 Å². The highest BCUT2D eigenvalue weighted by atomic mass is 19.3. The summed E-state index contributed by atoms with van der Waals surface area (Å²) in [6, 6.07) is 5.81. The third-order valence-corrected chi connectivity index (χ3v) is 5.64. The number of fused-ring (bicyclic) bond motifs is 1. The van der Waals surface area contributed by atoms with Gasteiger partial charge in [-0.3, -0.25) is 19.8 Å². The Labute approximate surface area is 202 Å². The lowest BCUT2D eigenvalue weighted by Crippen LogP contribution is -2.34. The smallest absolute Gasteiger partial charge is 0.292 e. The van der Waals surface area contributed by atoms with Gasteiger partial charge in [-0.2, -0.15) is 5.10 Å². The van der Waals surface area contributed by atoms with Crippen molar-refractivity contribution < 1.29 is 18.0 Å². The van der Waals surface area contributed by atoms with Gasteiger partial charge in [-0.05, 0) is 19.1 Å². The van der Waals surface area contributed by atoms with E-state index in [1.807, 2.05) is 0 Å². The largest absolute Gasteiger partial charge is 0.368 e. The molecule has 0 bridgehead atoms. The molecule has 0 saturated heterocycles. The second-order valence-electron chi connectivity index (χ2n) is 8.14. The number of nitrogens with two attached hydrogens (primary N) is 1. The molecule has 0 radical (unpaired) electrons. The van der Waals surface area contributed by atoms with E-state index in [9.17, 15) is 27.6 Å². The number of carbonyl (C=O) groups excluding carboxylic acids is 1. The number of amides is 1. The quantitative estimate of drug-likeness (QED) is 0.389. The highest BCUT2D eigenvalue weighted by Gasteiger charge is 2.24. The van der Waals surface area contributed by atoms with E-state index in [0.717, 1.165) is 15.3 Å². The summed E-state index contributed by atoms with van der Waals surface area (Å²) in [5.41, 5.74) is 10.4. The molecule has 1 aromatic carbocycles. The maximum Gasteiger partial charge on any atom is 0.292 e. The first-order chi connectivity index (χ1) is 17.1. The highest BCUT2D eigenvalue weighted by molar-refractivity contribution is 5.91. The Morgan fingerprint density at radius 3 is 2.58 bits per heavy atom. The number of aromatic nitrogens is 3. The number of alkyl halides is 2. The molecule has 0 aliphatic carbocycles. The number of rotatable bonds is 7. The average molecular weight is 501 g/mol. The lowest BCUT2D eigenvalue weighted by atomic mass is 10.0. The van der Waals surface area contributed by atoms with Gasteiger partial charge in [0.15, 0.2) is 5.82 Å². The van der Waals surface area contributed by atoms with Crippen molar-refractivity contribution in [2.45, 2.75) is 25.9 Å². The van der Waals surface area contributed by atoms with E-state index in [1.165, 1.54) is 31.4 Å². The number of pyridine rings is 1. The van der Waals surface area contributed by atoms with Crippen LogP contribution < -0.4 is 33.0 Å². The van der Waals surface area contributed by atoms with Gasteiger partial charge in [0.25, 0.3) is 17.5 Å². The molecule has 1 aliphatic heterocycles. The number of anilines is 2. The fourth-order valence-electron chi connectivity index (χ4n) is 3.81. The number of hydrogen-bond acceptors (Lipinski definition) is 7. The van der Waals surface area contributed by atoms with Crippen molar-refractivity contribution in [1.82, 2.24) is 19.8 Å². The van der Waals surface area contributed by atoms with Gasteiger partial charge in [-0.25, -0.2) is 17.9 Å². The molecular formula is C23H22F3N7O3. The molecule has 36 heavy (non-hydrogen) atoms. The minimum Gasteiger partial charge on any atom is -0.368 e. The highest BCUT2D eigenvalue weighted by Crippen LogP contribution is 2.32. The molecule has 0 fully saturated rings. The van der Waals surface area contributed by atoms with E-state index in [0.29, 0.717) is 16.8 Å². The molecule has 1 aliphatic rings. The monoisotopic (exact) mass is 501 g/mol. The molecule has 10 nitrogen and oxygen atoms in total. The Balaban J connectivity index is 1.74. The maximum absolute atomic E-state index is 14.7. The second-order valence-corrected chi connectivity index (χ2v) is 8.14. The summed E-state index contributed by atoms with van der Waals surface area (Å²) in [4.78, 5) is 36.1. The third-order valence-electron chi connectivity index (χ3n) is 5.64. The molecule has 0 saturated carbocycles. The van der Waals surface area contributed by atoms with Crippen LogP contribution in [0.3, 0.4) is 0 Å². The SMILES string of the molecule is C[C@@H](Nc1nn(C)c(=O)c2c1C=C(c1ccn(CC(N)=O)c(=O)c1)NN2)c1cccc(C(F)F)c1F. The van der Waals surface area contributed by atoms with Crippen LogP contribution in [-0.4, -0.2) is 20.3 Å². The molecule has 1 amide bonds. The number of primary amides is 1. The van der Waals surface area contributed by atoms with Gasteiger partial charge in [0.05, 0.1) is 22.9 Å². The van der Waals surface area contributed by atoms with Crippen LogP contribution in [0.5, 0.6) is 0 Å². The fourth-order valence-corrected chi connectivity index (χ4v) is 3.81. The van der Waals surface area contributed by atoms with Crippen LogP contribution in [0.25, 0.3) is 11.8 Å². The first-order valence-corrected chi connectivity index (χ1v) is 10.7. The standard InChI is InChI=1S/C23H22F3N7O3/c1-11(13-4-3-5-14(19(13)24)21(25)26)28-22-15-9-16(29-30-20(15)23(36)32(2)31-22)12-6-7-33(10-17(27)34)18(35)8-12/h3-9,11,21,29-30H,10H2,1-2H3,(H2,27,34)(H,28,31)/t11-/m1/s1. The maximum atomic E-state index is 14.7. The minimum absolute atomic E-state index is 0.00126. The van der Waals surface area contributed by atoms with Crippen LogP contribution in [0.4, 0.5) is 24.7 Å². The Hall–Kier alpha value is -4.55. The van der Waals surface area contributed by atoms with E-state index in [2.05, 4.69) is 21.3 Å². The van der Waals surface area contributed by atoms with Crippen LogP contribution in [-0.2, 0) is 18.4 Å². The molecule has 188 valence electrons. The van der Waals surface area contributed by atoms with Gasteiger partial charge in [0.1, 0.15) is 18.0 Å². The zero-order valence-corrected chi connectivity index (χ0v) is 19.2. The lowest BCUT2D eigenvalue weighted by molar-refractivity contribution is -0.118. The average Bonchev–Trinajstić information content (AvgIpc) is 2.83. The number of halogens is 3. The van der Waals surface area contributed by atoms with Crippen LogP contribution in [0.2, 0.25) is 0 Å². The minimum atomic E-state index is -2.97. The number of benzene rings is 1. The van der Waals surface area contributed by atoms with Crippen molar-refractivity contribution >= 4 is 29.2 Å². The van der Waals surface area contributed by atoms with Crippen LogP contribution in [0.15, 0.2) is 46.1 Å². The van der Waals surface area contributed by atoms with Gasteiger partial charge < -0.3 is 21.0 Å². The molecule has 1 atom stereocenters. The van der Waals surface area contributed by atoms with E-state index in [1.54, 1.807) is 19.1 Å². The van der Waals surface area contributed by atoms with Gasteiger partial charge in [0.2, 0.25) is 5.91 Å². The number of hydrogen-bond donors (Lipinski definition) is 4. The predicted octanol–water partition coefficient (Wildman–Crippen LogP) is 2.11. The van der Waals surface area contributed by atoms with Crippen LogP contribution in [0, 0.1) is 5.82 Å². The Bertz CT molecular complexity index is 1500. The third kappa shape index (κ3) is 4.67. The summed E-state index contributed by atoms with van der Waals surface area (Å²) in [7, 11) is 1.43. The number of aryl methyl sites for hydroxylation is 1. The lowest BCUT2D eigenvalue weighted by Gasteiger charge is -2.24. The summed E-state index contributed by atoms with van der Waals surface area (Å²) in [6.45, 7) is 1.30. The number of nitrogens with one attached hydrogen (secondary N) is 3. The molecular weight excluding hydrogens is 479 g/mol. The molecule has 0 unspecified atom stereocenters. The Kier molecular flexibility index (Phi) is 6.55. The topological polar surface area (TPSA) is 136 Å². The summed E-state index contributed by atoms with van der Waals surface area (Å²) >= 11 is 0. The van der Waals surface area contributed by atoms with Crippen molar-refractivity contribution in [1.29, 1.82) is 0 Å². The molecule has 3 heterocycles. The molecule has 3 aromatic rings. The molecule has 13 heteroatoms. The van der Waals surface area contributed by atoms with E-state index < -0.39 is 40.9 Å². The Morgan fingerprint density at radius 1 is 1.19 bits per heavy atom. The van der Waals surface area contributed by atoms with Crippen molar-refractivity contribution in [3.63, 3.8) is 0 Å². The summed E-state index contributed by atoms with van der Waals surface area (Å²) < 4.78 is 43.2. The first-order valence-electron chi connectivity index (χ1n) is 10.7. The van der Waals surface area contributed by atoms with E-state index >= 15 is 0 Å². The molecule has 2 aromatic heterocycles. The second kappa shape index (κ2) is 9.60. The molecule has 0 spiro atoms. The van der Waals surface area contributed by atoms with E-state index in [-0.39, 0.29) is 23.6 Å². The zero-order chi connectivity index (χ0) is 26.1. The first kappa shape index (κ1) is 24.6. The van der Waals surface area contributed by atoms with Gasteiger partial charge in [-0.15, -0.1) is 0 Å². The van der Waals surface area contributed by atoms with Gasteiger partial charge >= 0.3 is 0 Å². The van der Waals surface area contributed by atoms with Crippen molar-refractivity contribution in [3.8, 4) is 0 Å². The van der Waals surface area contributed by atoms with Crippen molar-refractivity contribution in [2.24, 2.45) is 12.8 Å². The van der Waals surface area contributed by atoms with Crippen LogP contribution in [0.1, 0.15) is 41.6 Å². The zero-order valence-electron chi connectivity index (χ0n) is 19.2. The van der Waals surface area contributed by atoms with Crippen molar-refractivity contribution in [2.75, 3.05) is 10.7 Å². The predicted molar refractivity (Wildman–Crippen MR) is 127 cm³/mol. The number of carbonyl (C=O) groups is 1. The molecule has 4 rings (SSSR count). The number of nitrogens with zero attached hydrogens (tertiary/aromatic N) is 3. The normalized spacial score (nSPS) is 13.3. The van der Waals surface area contributed by atoms with Gasteiger partial charge in [0, 0.05) is 30.4 Å². The number of hydrazine groups is 1. The van der Waals surface area contributed by atoms with Gasteiger partial charge in [-0.1, -0.05) is 18.2 Å². The summed E-state index contributed by atoms with van der Waals surface area (Å²) in [6.07, 6.45) is -0.00302. The summed E-state index contributed by atoms with van der Waals surface area (Å²) in [5.74, 6) is -1.52. The summed E-state index contributed by atoms with van der Waals surface area (Å²) in [5, 5.41) is 7.21. The van der Waals surface area contributed by atoms with Crippen molar-refractivity contribution in [3.05, 3.63) is 85.3 Å². The Morgan fingerprint density at radius 2 is 1.92 bits per heavy atom. The molecule has 5 N–H and O–H groups in total. The fraction of sp³-hybridized carbons (Fsp3) is 0.217.